The van der Waals surface area contributed by atoms with Crippen molar-refractivity contribution in [2.75, 3.05) is 4.90 Å². The van der Waals surface area contributed by atoms with Crippen molar-refractivity contribution in [2.24, 2.45) is 0 Å². The summed E-state index contributed by atoms with van der Waals surface area (Å²) in [5.41, 5.74) is 10.2. The fourth-order valence-electron chi connectivity index (χ4n) is 10.3. The molecule has 0 atom stereocenters. The van der Waals surface area contributed by atoms with Gasteiger partial charge in [-0.05, 0) is 103 Å². The van der Waals surface area contributed by atoms with Crippen LogP contribution in [0.25, 0.3) is 11.1 Å². The monoisotopic (exact) mass is 771 g/mol. The summed E-state index contributed by atoms with van der Waals surface area (Å²) < 4.78 is 13.7. The van der Waals surface area contributed by atoms with Crippen LogP contribution < -0.4 is 35.1 Å². The molecule has 3 nitrogen and oxygen atoms in total. The molecule has 278 valence electrons. The molecule has 0 saturated heterocycles. The van der Waals surface area contributed by atoms with Crippen molar-refractivity contribution >= 4 is 45.9 Å². The number of benzene rings is 9. The minimum Gasteiger partial charge on any atom is -0.458 e. The maximum absolute atomic E-state index is 7.03. The molecular formula is C55H37NO2Si. The number of anilines is 3. The number of hydrogen-bond acceptors (Lipinski definition) is 3. The summed E-state index contributed by atoms with van der Waals surface area (Å²) >= 11 is 0. The van der Waals surface area contributed by atoms with Crippen molar-refractivity contribution in [3.05, 3.63) is 247 Å². The van der Waals surface area contributed by atoms with Crippen molar-refractivity contribution < 1.29 is 9.47 Å². The van der Waals surface area contributed by atoms with E-state index in [4.69, 9.17) is 9.47 Å². The molecule has 3 aliphatic rings. The summed E-state index contributed by atoms with van der Waals surface area (Å²) in [4.78, 5) is 2.38. The van der Waals surface area contributed by atoms with Crippen LogP contribution in [-0.2, 0) is 5.41 Å². The fourth-order valence-corrected chi connectivity index (χ4v) is 15.5. The molecule has 0 radical (unpaired) electrons. The molecule has 0 amide bonds. The second kappa shape index (κ2) is 13.1. The van der Waals surface area contributed by atoms with Gasteiger partial charge in [0.15, 0.2) is 8.07 Å². The van der Waals surface area contributed by atoms with Gasteiger partial charge in [0, 0.05) is 23.1 Å². The molecule has 59 heavy (non-hydrogen) atoms. The third-order valence-corrected chi connectivity index (χ3v) is 17.5. The van der Waals surface area contributed by atoms with Crippen molar-refractivity contribution in [3.63, 3.8) is 0 Å². The zero-order valence-electron chi connectivity index (χ0n) is 32.1. The van der Waals surface area contributed by atoms with Crippen LogP contribution in [-0.4, -0.2) is 8.07 Å². The zero-order valence-corrected chi connectivity index (χ0v) is 33.1. The van der Waals surface area contributed by atoms with Gasteiger partial charge in [0.1, 0.15) is 23.0 Å². The van der Waals surface area contributed by atoms with Gasteiger partial charge in [-0.2, -0.15) is 0 Å². The Morgan fingerprint density at radius 1 is 0.322 bits per heavy atom. The van der Waals surface area contributed by atoms with E-state index in [0.29, 0.717) is 0 Å². The van der Waals surface area contributed by atoms with Gasteiger partial charge in [-0.15, -0.1) is 0 Å². The Labute approximate surface area is 345 Å². The topological polar surface area (TPSA) is 21.7 Å². The molecule has 9 aromatic carbocycles. The standard InChI is InChI=1S/C55H37NO2Si/c1-4-18-38(19-5-1)55(39-20-6-2-7-21-39)45-25-11-10-24-43(45)44-34-32-41(36-46(44)55)56(40-22-8-3-9-23-40)42-33-35-54-50(37-42)58-49-28-14-17-31-53(49)59(54)51-29-15-12-26-47(51)57-48-27-13-16-30-52(48)59/h1-37H. The van der Waals surface area contributed by atoms with Gasteiger partial charge < -0.3 is 14.4 Å². The van der Waals surface area contributed by atoms with E-state index in [0.717, 1.165) is 40.1 Å². The number of fused-ring (bicyclic) bond motifs is 11. The summed E-state index contributed by atoms with van der Waals surface area (Å²) in [6.07, 6.45) is 0. The maximum Gasteiger partial charge on any atom is 0.196 e. The quantitative estimate of drug-likeness (QED) is 0.163. The van der Waals surface area contributed by atoms with E-state index in [1.54, 1.807) is 0 Å². The highest BCUT2D eigenvalue weighted by atomic mass is 28.3. The number of nitrogens with zero attached hydrogens (tertiary/aromatic N) is 1. The second-order valence-corrected chi connectivity index (χ2v) is 19.2. The Morgan fingerprint density at radius 2 is 0.763 bits per heavy atom. The lowest BCUT2D eigenvalue weighted by Crippen LogP contribution is -2.77. The zero-order chi connectivity index (χ0) is 39.0. The molecule has 0 saturated carbocycles. The van der Waals surface area contributed by atoms with E-state index in [1.807, 2.05) is 0 Å². The van der Waals surface area contributed by atoms with E-state index >= 15 is 0 Å². The molecule has 0 fully saturated rings. The second-order valence-electron chi connectivity index (χ2n) is 15.6. The predicted octanol–water partition coefficient (Wildman–Crippen LogP) is 11.1. The molecule has 4 heteroatoms. The molecule has 2 heterocycles. The average molecular weight is 772 g/mol. The summed E-state index contributed by atoms with van der Waals surface area (Å²) in [5, 5.41) is 4.92. The number of hydrogen-bond donors (Lipinski definition) is 0. The van der Waals surface area contributed by atoms with Crippen molar-refractivity contribution in [2.45, 2.75) is 5.41 Å². The SMILES string of the molecule is c1ccc(N(c2ccc3c(c2)Oc2ccccc2[Si]32c3ccccc3Oc3ccccc32)c2ccc3c(c2)C(c2ccccc2)(c2ccccc2)c2ccccc2-3)cc1. The van der Waals surface area contributed by atoms with Crippen LogP contribution in [0.1, 0.15) is 22.3 Å². The molecular weight excluding hydrogens is 735 g/mol. The Kier molecular flexibility index (Phi) is 7.47. The van der Waals surface area contributed by atoms with Gasteiger partial charge in [-0.1, -0.05) is 170 Å². The first kappa shape index (κ1) is 33.7. The maximum atomic E-state index is 7.03. The van der Waals surface area contributed by atoms with E-state index in [9.17, 15) is 0 Å². The van der Waals surface area contributed by atoms with Crippen LogP contribution in [0.3, 0.4) is 0 Å². The molecule has 1 spiro atoms. The van der Waals surface area contributed by atoms with Gasteiger partial charge in [0.2, 0.25) is 0 Å². The average Bonchev–Trinajstić information content (AvgIpc) is 3.60. The van der Waals surface area contributed by atoms with Gasteiger partial charge in [0.05, 0.1) is 5.41 Å². The normalized spacial score (nSPS) is 14.3. The largest absolute Gasteiger partial charge is 0.458 e. The smallest absolute Gasteiger partial charge is 0.196 e. The first-order valence-electron chi connectivity index (χ1n) is 20.3. The van der Waals surface area contributed by atoms with Gasteiger partial charge >= 0.3 is 0 Å². The third-order valence-electron chi connectivity index (χ3n) is 12.7. The summed E-state index contributed by atoms with van der Waals surface area (Å²) in [7, 11) is -2.88. The Bertz CT molecular complexity index is 2970. The summed E-state index contributed by atoms with van der Waals surface area (Å²) in [6.45, 7) is 0. The van der Waals surface area contributed by atoms with Gasteiger partial charge in [0.25, 0.3) is 0 Å². The van der Waals surface area contributed by atoms with Crippen molar-refractivity contribution in [3.8, 4) is 34.1 Å². The highest BCUT2D eigenvalue weighted by Gasteiger charge is 2.53. The summed E-state index contributed by atoms with van der Waals surface area (Å²) in [5.74, 6) is 3.59. The number of para-hydroxylation sites is 4. The lowest BCUT2D eigenvalue weighted by atomic mass is 9.67. The molecule has 0 unspecified atom stereocenters. The van der Waals surface area contributed by atoms with Crippen LogP contribution in [0.5, 0.6) is 23.0 Å². The van der Waals surface area contributed by atoms with Crippen LogP contribution in [0.2, 0.25) is 0 Å². The highest BCUT2D eigenvalue weighted by Crippen LogP contribution is 2.57. The van der Waals surface area contributed by atoms with E-state index in [-0.39, 0.29) is 0 Å². The van der Waals surface area contributed by atoms with Crippen molar-refractivity contribution in [1.29, 1.82) is 0 Å². The van der Waals surface area contributed by atoms with Crippen LogP contribution in [0, 0.1) is 0 Å². The molecule has 1 aliphatic carbocycles. The molecule has 0 bridgehead atoms. The number of ether oxygens (including phenoxy) is 2. The lowest BCUT2D eigenvalue weighted by Gasteiger charge is -2.43. The van der Waals surface area contributed by atoms with E-state index in [2.05, 4.69) is 229 Å². The molecule has 0 aromatic heterocycles. The van der Waals surface area contributed by atoms with Crippen LogP contribution in [0.4, 0.5) is 17.1 Å². The minimum absolute atomic E-state index is 0.517. The van der Waals surface area contributed by atoms with Crippen LogP contribution >= 0.6 is 0 Å². The fraction of sp³-hybridized carbons (Fsp3) is 0.0182. The summed E-state index contributed by atoms with van der Waals surface area (Å²) in [6, 6.07) is 81.4. The molecule has 2 aliphatic heterocycles. The Balaban J connectivity index is 1.10. The highest BCUT2D eigenvalue weighted by molar-refractivity contribution is 7.21. The predicted molar refractivity (Wildman–Crippen MR) is 242 cm³/mol. The third kappa shape index (κ3) is 4.75. The van der Waals surface area contributed by atoms with Gasteiger partial charge in [-0.3, -0.25) is 0 Å². The first-order valence-corrected chi connectivity index (χ1v) is 22.3. The number of rotatable bonds is 5. The Hall–Kier alpha value is -7.40. The lowest BCUT2D eigenvalue weighted by molar-refractivity contribution is 0.482. The molecule has 12 rings (SSSR count). The molecule has 0 N–H and O–H groups in total. The van der Waals surface area contributed by atoms with Gasteiger partial charge in [-0.25, -0.2) is 0 Å². The minimum atomic E-state index is -2.88. The van der Waals surface area contributed by atoms with Crippen LogP contribution in [0.15, 0.2) is 224 Å². The molecule has 9 aromatic rings. The van der Waals surface area contributed by atoms with E-state index in [1.165, 1.54) is 54.1 Å². The van der Waals surface area contributed by atoms with Crippen molar-refractivity contribution in [1.82, 2.24) is 0 Å². The Morgan fingerprint density at radius 3 is 1.37 bits per heavy atom. The van der Waals surface area contributed by atoms with E-state index < -0.39 is 13.5 Å². The first-order chi connectivity index (χ1) is 29.3.